The summed E-state index contributed by atoms with van der Waals surface area (Å²) in [5, 5.41) is 9.08. The Morgan fingerprint density at radius 1 is 1.50 bits per heavy atom. The maximum atomic E-state index is 11.1. The van der Waals surface area contributed by atoms with E-state index >= 15 is 0 Å². The topological polar surface area (TPSA) is 66.8 Å². The first-order valence-corrected chi connectivity index (χ1v) is 4.29. The Bertz CT molecular complexity index is 241. The molecule has 0 aliphatic heterocycles. The van der Waals surface area contributed by atoms with Crippen molar-refractivity contribution in [3.05, 3.63) is 0 Å². The first-order valence-electron chi connectivity index (χ1n) is 4.29. The molecule has 2 atom stereocenters. The molecule has 0 aromatic heterocycles. The van der Waals surface area contributed by atoms with Crippen LogP contribution in [0.25, 0.3) is 0 Å². The van der Waals surface area contributed by atoms with Crippen LogP contribution in [0, 0.1) is 0 Å². The molecule has 0 saturated carbocycles. The van der Waals surface area contributed by atoms with Crippen molar-refractivity contribution in [2.45, 2.75) is 32.4 Å². The number of carbonyl (C=O) groups excluding carboxylic acids is 1. The Balaban J connectivity index is 5.09. The third-order valence-electron chi connectivity index (χ3n) is 2.75. The normalized spacial score (nSPS) is 16.9. The van der Waals surface area contributed by atoms with Crippen LogP contribution in [-0.2, 0) is 14.3 Å². The highest BCUT2D eigenvalue weighted by Gasteiger charge is 2.44. The number of carboxylic acids is 1. The van der Waals surface area contributed by atoms with E-state index in [-0.39, 0.29) is 5.91 Å². The van der Waals surface area contributed by atoms with Gasteiger partial charge in [0.15, 0.2) is 5.54 Å². The molecule has 0 aromatic carbocycles. The molecule has 0 rings (SSSR count). The van der Waals surface area contributed by atoms with Gasteiger partial charge in [0.2, 0.25) is 5.91 Å². The standard InChI is InChI=1S/C9H17NO4/c1-6(14-5)9(3,8(12)13)10(4)7(2)11/h6H,1-5H3,(H,12,13). The maximum absolute atomic E-state index is 11.1. The fourth-order valence-electron chi connectivity index (χ4n) is 1.15. The van der Waals surface area contributed by atoms with Crippen LogP contribution in [0.1, 0.15) is 20.8 Å². The zero-order chi connectivity index (χ0) is 11.5. The van der Waals surface area contributed by atoms with E-state index in [0.29, 0.717) is 0 Å². The van der Waals surface area contributed by atoms with Gasteiger partial charge in [0.25, 0.3) is 0 Å². The molecule has 1 amide bonds. The smallest absolute Gasteiger partial charge is 0.332 e. The molecule has 14 heavy (non-hydrogen) atoms. The predicted molar refractivity (Wildman–Crippen MR) is 51.0 cm³/mol. The lowest BCUT2D eigenvalue weighted by Gasteiger charge is -2.38. The molecule has 0 fully saturated rings. The summed E-state index contributed by atoms with van der Waals surface area (Å²) in [6, 6.07) is 0. The third kappa shape index (κ3) is 2.04. The van der Waals surface area contributed by atoms with E-state index in [1.807, 2.05) is 0 Å². The van der Waals surface area contributed by atoms with Gasteiger partial charge in [0, 0.05) is 21.1 Å². The number of nitrogens with zero attached hydrogens (tertiary/aromatic N) is 1. The summed E-state index contributed by atoms with van der Waals surface area (Å²) in [7, 11) is 2.87. The largest absolute Gasteiger partial charge is 0.479 e. The molecule has 0 bridgehead atoms. The Hall–Kier alpha value is -1.10. The SMILES string of the molecule is COC(C)C(C)(C(=O)O)N(C)C(C)=O. The van der Waals surface area contributed by atoms with Crippen molar-refractivity contribution in [1.29, 1.82) is 0 Å². The summed E-state index contributed by atoms with van der Waals surface area (Å²) in [6.45, 7) is 4.40. The molecule has 5 heteroatoms. The second-order valence-electron chi connectivity index (χ2n) is 3.41. The van der Waals surface area contributed by atoms with E-state index in [0.717, 1.165) is 0 Å². The molecule has 0 aromatic rings. The monoisotopic (exact) mass is 203 g/mol. The van der Waals surface area contributed by atoms with Crippen LogP contribution in [0.3, 0.4) is 0 Å². The first kappa shape index (κ1) is 12.9. The average molecular weight is 203 g/mol. The molecule has 0 spiro atoms. The van der Waals surface area contributed by atoms with Gasteiger partial charge in [-0.25, -0.2) is 4.79 Å². The number of likely N-dealkylation sites (N-methyl/N-ethyl adjacent to an activating group) is 1. The van der Waals surface area contributed by atoms with Gasteiger partial charge in [-0.2, -0.15) is 0 Å². The van der Waals surface area contributed by atoms with Gasteiger partial charge < -0.3 is 14.7 Å². The highest BCUT2D eigenvalue weighted by Crippen LogP contribution is 2.20. The molecule has 0 saturated heterocycles. The zero-order valence-electron chi connectivity index (χ0n) is 9.20. The van der Waals surface area contributed by atoms with Crippen molar-refractivity contribution >= 4 is 11.9 Å². The summed E-state index contributed by atoms with van der Waals surface area (Å²) in [4.78, 5) is 23.4. The van der Waals surface area contributed by atoms with Crippen LogP contribution in [0.15, 0.2) is 0 Å². The summed E-state index contributed by atoms with van der Waals surface area (Å²) >= 11 is 0. The lowest BCUT2D eigenvalue weighted by Crippen LogP contribution is -2.59. The van der Waals surface area contributed by atoms with E-state index < -0.39 is 17.6 Å². The highest BCUT2D eigenvalue weighted by molar-refractivity contribution is 5.86. The number of aliphatic carboxylic acids is 1. The van der Waals surface area contributed by atoms with Crippen molar-refractivity contribution in [3.8, 4) is 0 Å². The number of hydrogen-bond donors (Lipinski definition) is 1. The molecular formula is C9H17NO4. The minimum Gasteiger partial charge on any atom is -0.479 e. The summed E-state index contributed by atoms with van der Waals surface area (Å²) in [5.41, 5.74) is -1.33. The minimum atomic E-state index is -1.33. The van der Waals surface area contributed by atoms with Crippen LogP contribution in [0.4, 0.5) is 0 Å². The van der Waals surface area contributed by atoms with Crippen LogP contribution in [0.5, 0.6) is 0 Å². The Kier molecular flexibility index (Phi) is 4.07. The Labute approximate surface area is 83.6 Å². The molecule has 82 valence electrons. The lowest BCUT2D eigenvalue weighted by molar-refractivity contribution is -0.164. The van der Waals surface area contributed by atoms with Crippen molar-refractivity contribution in [2.24, 2.45) is 0 Å². The van der Waals surface area contributed by atoms with Crippen molar-refractivity contribution in [1.82, 2.24) is 4.90 Å². The number of carbonyl (C=O) groups is 2. The summed E-state index contributed by atoms with van der Waals surface area (Å²) < 4.78 is 4.97. The lowest BCUT2D eigenvalue weighted by atomic mass is 9.94. The fraction of sp³-hybridized carbons (Fsp3) is 0.778. The fourth-order valence-corrected chi connectivity index (χ4v) is 1.15. The Morgan fingerprint density at radius 3 is 2.14 bits per heavy atom. The molecule has 0 radical (unpaired) electrons. The number of carboxylic acid groups (broad SMARTS) is 1. The van der Waals surface area contributed by atoms with Crippen molar-refractivity contribution < 1.29 is 19.4 Å². The van der Waals surface area contributed by atoms with Crippen molar-refractivity contribution in [3.63, 3.8) is 0 Å². The number of hydrogen-bond acceptors (Lipinski definition) is 3. The summed E-state index contributed by atoms with van der Waals surface area (Å²) in [6.07, 6.45) is -0.575. The number of methoxy groups -OCH3 is 1. The van der Waals surface area contributed by atoms with E-state index in [4.69, 9.17) is 9.84 Å². The van der Waals surface area contributed by atoms with E-state index in [1.54, 1.807) is 6.92 Å². The van der Waals surface area contributed by atoms with Gasteiger partial charge in [-0.15, -0.1) is 0 Å². The molecule has 0 heterocycles. The number of amides is 1. The highest BCUT2D eigenvalue weighted by atomic mass is 16.5. The first-order chi connectivity index (χ1) is 6.28. The van der Waals surface area contributed by atoms with E-state index in [9.17, 15) is 9.59 Å². The number of ether oxygens (including phenoxy) is 1. The second-order valence-corrected chi connectivity index (χ2v) is 3.41. The van der Waals surface area contributed by atoms with Crippen LogP contribution in [-0.4, -0.2) is 47.7 Å². The molecule has 2 unspecified atom stereocenters. The molecule has 0 aliphatic carbocycles. The zero-order valence-corrected chi connectivity index (χ0v) is 9.20. The maximum Gasteiger partial charge on any atom is 0.332 e. The molecule has 0 aliphatic rings. The average Bonchev–Trinajstić information content (AvgIpc) is 2.13. The molecule has 5 nitrogen and oxygen atoms in total. The van der Waals surface area contributed by atoms with Gasteiger partial charge in [-0.05, 0) is 13.8 Å². The Morgan fingerprint density at radius 2 is 1.93 bits per heavy atom. The van der Waals surface area contributed by atoms with E-state index in [2.05, 4.69) is 0 Å². The minimum absolute atomic E-state index is 0.307. The van der Waals surface area contributed by atoms with Gasteiger partial charge in [-0.1, -0.05) is 0 Å². The predicted octanol–water partition coefficient (Wildman–Crippen LogP) is 0.343. The van der Waals surface area contributed by atoms with Gasteiger partial charge in [-0.3, -0.25) is 4.79 Å². The quantitative estimate of drug-likeness (QED) is 0.715. The van der Waals surface area contributed by atoms with Gasteiger partial charge in [0.05, 0.1) is 6.10 Å². The van der Waals surface area contributed by atoms with Crippen LogP contribution in [0.2, 0.25) is 0 Å². The van der Waals surface area contributed by atoms with Gasteiger partial charge in [0.1, 0.15) is 0 Å². The van der Waals surface area contributed by atoms with Crippen LogP contribution < -0.4 is 0 Å². The molecular weight excluding hydrogens is 186 g/mol. The van der Waals surface area contributed by atoms with Gasteiger partial charge >= 0.3 is 5.97 Å². The van der Waals surface area contributed by atoms with E-state index in [1.165, 1.54) is 32.9 Å². The van der Waals surface area contributed by atoms with Crippen LogP contribution >= 0.6 is 0 Å². The second kappa shape index (κ2) is 4.41. The number of rotatable bonds is 4. The summed E-state index contributed by atoms with van der Waals surface area (Å²) in [5.74, 6) is -1.39. The molecule has 1 N–H and O–H groups in total. The third-order valence-corrected chi connectivity index (χ3v) is 2.75. The van der Waals surface area contributed by atoms with Crippen molar-refractivity contribution in [2.75, 3.05) is 14.2 Å².